The molecule has 4 atom stereocenters. The van der Waals surface area contributed by atoms with Crippen molar-refractivity contribution < 1.29 is 28.9 Å². The van der Waals surface area contributed by atoms with E-state index in [-0.39, 0.29) is 5.57 Å². The average molecular weight is 342 g/mol. The summed E-state index contributed by atoms with van der Waals surface area (Å²) < 4.78 is 15.9. The molecule has 1 saturated heterocycles. The van der Waals surface area contributed by atoms with E-state index in [1.807, 2.05) is 26.0 Å². The molecule has 0 saturated carbocycles. The fourth-order valence-corrected chi connectivity index (χ4v) is 3.66. The van der Waals surface area contributed by atoms with Gasteiger partial charge in [-0.05, 0) is 37.5 Å². The predicted molar refractivity (Wildman–Crippen MR) is 86.0 cm³/mol. The Morgan fingerprint density at radius 3 is 2.56 bits per heavy atom. The largest absolute Gasteiger partial charge is 0.458 e. The topological polar surface area (TPSA) is 82.1 Å². The predicted octanol–water partition coefficient (Wildman–Crippen LogP) is 2.29. The van der Waals surface area contributed by atoms with Gasteiger partial charge in [-0.1, -0.05) is 12.1 Å². The summed E-state index contributed by atoms with van der Waals surface area (Å²) in [6.07, 6.45) is 0.554. The molecule has 0 aromatic heterocycles. The van der Waals surface area contributed by atoms with Crippen LogP contribution in [0.5, 0.6) is 0 Å². The van der Waals surface area contributed by atoms with Crippen molar-refractivity contribution in [2.45, 2.75) is 39.3 Å². The van der Waals surface area contributed by atoms with Gasteiger partial charge in [-0.25, -0.2) is 9.59 Å². The molecule has 0 radical (unpaired) electrons. The molecule has 1 aromatic rings. The van der Waals surface area contributed by atoms with Gasteiger partial charge in [0.05, 0.1) is 23.9 Å². The lowest BCUT2D eigenvalue weighted by Crippen LogP contribution is -2.14. The van der Waals surface area contributed by atoms with Crippen molar-refractivity contribution >= 4 is 11.9 Å². The smallest absolute Gasteiger partial charge is 0.338 e. The molecule has 0 amide bonds. The quantitative estimate of drug-likeness (QED) is 0.504. The van der Waals surface area contributed by atoms with Crippen LogP contribution in [0.25, 0.3) is 0 Å². The lowest BCUT2D eigenvalue weighted by atomic mass is 9.95. The fraction of sp³-hybridized carbons (Fsp3) is 0.368. The summed E-state index contributed by atoms with van der Waals surface area (Å²) in [5.41, 5.74) is 4.45. The van der Waals surface area contributed by atoms with Crippen molar-refractivity contribution in [3.63, 3.8) is 0 Å². The molecule has 0 spiro atoms. The van der Waals surface area contributed by atoms with Crippen LogP contribution in [-0.2, 0) is 23.8 Å². The lowest BCUT2D eigenvalue weighted by molar-refractivity contribution is -0.152. The van der Waals surface area contributed by atoms with Gasteiger partial charge in [0.1, 0.15) is 6.10 Å². The molecule has 6 nitrogen and oxygen atoms in total. The SMILES string of the molecule is CC1=C[C@H](OC=C2C(=O)O[C@H]3c4c(ccc(C)c4C)[C@H](O)[C@@H]23)OC1=O. The molecule has 3 aliphatic rings. The number of ether oxygens (including phenoxy) is 3. The van der Waals surface area contributed by atoms with Crippen LogP contribution < -0.4 is 0 Å². The second-order valence-electron chi connectivity index (χ2n) is 6.64. The third-order valence-electron chi connectivity index (χ3n) is 5.18. The molecule has 0 bridgehead atoms. The number of hydrogen-bond acceptors (Lipinski definition) is 6. The van der Waals surface area contributed by atoms with Crippen LogP contribution in [0.1, 0.15) is 41.4 Å². The van der Waals surface area contributed by atoms with Gasteiger partial charge < -0.3 is 19.3 Å². The Balaban J connectivity index is 1.65. The first kappa shape index (κ1) is 15.9. The summed E-state index contributed by atoms with van der Waals surface area (Å²) in [7, 11) is 0. The van der Waals surface area contributed by atoms with Crippen LogP contribution in [0.4, 0.5) is 0 Å². The molecule has 1 aromatic carbocycles. The second kappa shape index (κ2) is 5.46. The van der Waals surface area contributed by atoms with Gasteiger partial charge >= 0.3 is 11.9 Å². The summed E-state index contributed by atoms with van der Waals surface area (Å²) in [5.74, 6) is -1.49. The fourth-order valence-electron chi connectivity index (χ4n) is 3.66. The van der Waals surface area contributed by atoms with Crippen LogP contribution in [-0.4, -0.2) is 23.3 Å². The number of aryl methyl sites for hydroxylation is 1. The number of carbonyl (C=O) groups is 2. The third-order valence-corrected chi connectivity index (χ3v) is 5.18. The van der Waals surface area contributed by atoms with Crippen molar-refractivity contribution in [2.24, 2.45) is 5.92 Å². The molecule has 0 unspecified atom stereocenters. The number of carbonyl (C=O) groups excluding carboxylic acids is 2. The number of benzene rings is 1. The van der Waals surface area contributed by atoms with E-state index >= 15 is 0 Å². The Labute approximate surface area is 144 Å². The van der Waals surface area contributed by atoms with Gasteiger partial charge in [0.15, 0.2) is 0 Å². The zero-order valence-corrected chi connectivity index (χ0v) is 14.1. The van der Waals surface area contributed by atoms with E-state index in [0.717, 1.165) is 22.3 Å². The number of hydrogen-bond donors (Lipinski definition) is 1. The third kappa shape index (κ3) is 2.28. The van der Waals surface area contributed by atoms with Gasteiger partial charge in [-0.3, -0.25) is 0 Å². The van der Waals surface area contributed by atoms with Gasteiger partial charge in [0, 0.05) is 17.2 Å². The summed E-state index contributed by atoms with van der Waals surface area (Å²) in [5, 5.41) is 10.7. The standard InChI is InChI=1S/C19H18O6/c1-8-4-5-11-14(10(8)3)17-15(16(11)20)12(19(22)25-17)7-23-13-6-9(2)18(21)24-13/h4-7,13,15-17,20H,1-3H3/t13-,15-,16+,17+/m1/s1. The van der Waals surface area contributed by atoms with Gasteiger partial charge in [-0.15, -0.1) is 0 Å². The molecular formula is C19H18O6. The zero-order chi connectivity index (χ0) is 17.9. The van der Waals surface area contributed by atoms with Crippen molar-refractivity contribution in [1.29, 1.82) is 0 Å². The lowest BCUT2D eigenvalue weighted by Gasteiger charge is -2.13. The van der Waals surface area contributed by atoms with Crippen LogP contribution in [0.2, 0.25) is 0 Å². The highest BCUT2D eigenvalue weighted by Gasteiger charge is 2.52. The molecule has 2 aliphatic heterocycles. The van der Waals surface area contributed by atoms with E-state index in [4.69, 9.17) is 14.2 Å². The summed E-state index contributed by atoms with van der Waals surface area (Å²) >= 11 is 0. The highest BCUT2D eigenvalue weighted by Crippen LogP contribution is 2.54. The van der Waals surface area contributed by atoms with Crippen LogP contribution in [0.3, 0.4) is 0 Å². The molecule has 1 aliphatic carbocycles. The van der Waals surface area contributed by atoms with Crippen molar-refractivity contribution in [3.05, 3.63) is 57.9 Å². The van der Waals surface area contributed by atoms with Crippen LogP contribution in [0, 0.1) is 19.8 Å². The monoisotopic (exact) mass is 342 g/mol. The Morgan fingerprint density at radius 1 is 1.12 bits per heavy atom. The number of cyclic esters (lactones) is 1. The molecule has 4 rings (SSSR count). The normalized spacial score (nSPS) is 31.5. The van der Waals surface area contributed by atoms with Gasteiger partial charge in [-0.2, -0.15) is 0 Å². The Kier molecular flexibility index (Phi) is 3.47. The Hall–Kier alpha value is -2.60. The van der Waals surface area contributed by atoms with Gasteiger partial charge in [0.25, 0.3) is 6.29 Å². The molecule has 6 heteroatoms. The van der Waals surface area contributed by atoms with Crippen molar-refractivity contribution in [3.8, 4) is 0 Å². The minimum Gasteiger partial charge on any atom is -0.458 e. The van der Waals surface area contributed by atoms with E-state index in [1.54, 1.807) is 6.92 Å². The first-order valence-electron chi connectivity index (χ1n) is 8.12. The average Bonchev–Trinajstić information content (AvgIpc) is 3.15. The Morgan fingerprint density at radius 2 is 1.88 bits per heavy atom. The molecule has 25 heavy (non-hydrogen) atoms. The highest BCUT2D eigenvalue weighted by molar-refractivity contribution is 5.92. The second-order valence-corrected chi connectivity index (χ2v) is 6.64. The number of rotatable bonds is 2. The maximum atomic E-state index is 12.3. The van der Waals surface area contributed by atoms with E-state index in [9.17, 15) is 14.7 Å². The van der Waals surface area contributed by atoms with Crippen LogP contribution in [0.15, 0.2) is 35.6 Å². The number of esters is 2. The van der Waals surface area contributed by atoms with Crippen molar-refractivity contribution in [2.75, 3.05) is 0 Å². The number of aliphatic hydroxyl groups is 1. The van der Waals surface area contributed by atoms with E-state index in [1.165, 1.54) is 12.3 Å². The molecule has 1 fully saturated rings. The first-order valence-corrected chi connectivity index (χ1v) is 8.12. The summed E-state index contributed by atoms with van der Waals surface area (Å²) in [4.78, 5) is 23.6. The molecule has 130 valence electrons. The number of fused-ring (bicyclic) bond motifs is 3. The first-order chi connectivity index (χ1) is 11.9. The van der Waals surface area contributed by atoms with Gasteiger partial charge in [0.2, 0.25) is 0 Å². The zero-order valence-electron chi connectivity index (χ0n) is 14.1. The maximum absolute atomic E-state index is 12.3. The van der Waals surface area contributed by atoms with E-state index < -0.39 is 36.4 Å². The number of aliphatic hydroxyl groups excluding tert-OH is 1. The molecular weight excluding hydrogens is 324 g/mol. The summed E-state index contributed by atoms with van der Waals surface area (Å²) in [6, 6.07) is 3.82. The maximum Gasteiger partial charge on any atom is 0.338 e. The summed E-state index contributed by atoms with van der Waals surface area (Å²) in [6.45, 7) is 5.57. The highest BCUT2D eigenvalue weighted by atomic mass is 16.7. The van der Waals surface area contributed by atoms with Crippen molar-refractivity contribution in [1.82, 2.24) is 0 Å². The van der Waals surface area contributed by atoms with E-state index in [2.05, 4.69) is 0 Å². The minimum atomic E-state index is -0.864. The Bertz CT molecular complexity index is 850. The van der Waals surface area contributed by atoms with Crippen LogP contribution >= 0.6 is 0 Å². The van der Waals surface area contributed by atoms with E-state index in [0.29, 0.717) is 5.57 Å². The minimum absolute atomic E-state index is 0.250. The molecule has 2 heterocycles. The molecule has 1 N–H and O–H groups in total.